The van der Waals surface area contributed by atoms with Gasteiger partial charge in [0.05, 0.1) is 0 Å². The standard InChI is InChI=1S/C6H3BrFN2/c7-4-1-2-6(10-9)5(8)3-4/h1-3H/q+1. The van der Waals surface area contributed by atoms with Crippen molar-refractivity contribution in [2.75, 3.05) is 0 Å². The normalized spacial score (nSPS) is 8.90. The van der Waals surface area contributed by atoms with Gasteiger partial charge in [0.25, 0.3) is 0 Å². The van der Waals surface area contributed by atoms with Crippen molar-refractivity contribution in [3.8, 4) is 0 Å². The van der Waals surface area contributed by atoms with Crippen LogP contribution in [-0.2, 0) is 0 Å². The molecule has 1 aromatic rings. The molecule has 1 rings (SSSR count). The number of hydrogen-bond acceptors (Lipinski definition) is 1. The summed E-state index contributed by atoms with van der Waals surface area (Å²) in [5, 5.41) is 8.18. The van der Waals surface area contributed by atoms with Gasteiger partial charge in [0.2, 0.25) is 11.2 Å². The fraction of sp³-hybridized carbons (Fsp3) is 0. The van der Waals surface area contributed by atoms with E-state index >= 15 is 0 Å². The third-order valence-corrected chi connectivity index (χ3v) is 1.51. The van der Waals surface area contributed by atoms with Gasteiger partial charge in [0.1, 0.15) is 0 Å². The van der Waals surface area contributed by atoms with E-state index in [2.05, 4.69) is 20.9 Å². The molecule has 0 spiro atoms. The Labute approximate surface area is 65.4 Å². The minimum Gasteiger partial charge on any atom is -0.198 e. The zero-order chi connectivity index (χ0) is 7.56. The second-order valence-electron chi connectivity index (χ2n) is 1.70. The summed E-state index contributed by atoms with van der Waals surface area (Å²) < 4.78 is 13.2. The van der Waals surface area contributed by atoms with Crippen LogP contribution in [0.5, 0.6) is 0 Å². The van der Waals surface area contributed by atoms with Gasteiger partial charge in [-0.25, -0.2) is 0 Å². The van der Waals surface area contributed by atoms with Gasteiger partial charge in [0.15, 0.2) is 4.98 Å². The summed E-state index contributed by atoms with van der Waals surface area (Å²) in [6.45, 7) is 0. The Morgan fingerprint density at radius 2 is 2.20 bits per heavy atom. The fourth-order valence-corrected chi connectivity index (χ4v) is 0.896. The van der Waals surface area contributed by atoms with E-state index in [4.69, 9.17) is 5.39 Å². The van der Waals surface area contributed by atoms with E-state index in [-0.39, 0.29) is 5.69 Å². The highest BCUT2D eigenvalue weighted by atomic mass is 79.9. The van der Waals surface area contributed by atoms with Crippen LogP contribution in [0.1, 0.15) is 0 Å². The van der Waals surface area contributed by atoms with E-state index in [1.54, 1.807) is 6.07 Å². The van der Waals surface area contributed by atoms with E-state index in [1.165, 1.54) is 12.1 Å². The van der Waals surface area contributed by atoms with Crippen molar-refractivity contribution in [2.45, 2.75) is 0 Å². The van der Waals surface area contributed by atoms with Crippen LogP contribution in [0.25, 0.3) is 4.98 Å². The highest BCUT2D eigenvalue weighted by Crippen LogP contribution is 2.21. The third-order valence-electron chi connectivity index (χ3n) is 1.02. The molecule has 0 aliphatic rings. The van der Waals surface area contributed by atoms with Crippen molar-refractivity contribution in [2.24, 2.45) is 0 Å². The van der Waals surface area contributed by atoms with Gasteiger partial charge in [-0.2, -0.15) is 4.39 Å². The maximum atomic E-state index is 12.6. The number of benzene rings is 1. The first-order chi connectivity index (χ1) is 4.74. The zero-order valence-corrected chi connectivity index (χ0v) is 6.47. The molecule has 0 fully saturated rings. The van der Waals surface area contributed by atoms with Crippen LogP contribution in [0.3, 0.4) is 0 Å². The Bertz CT molecular complexity index is 292. The van der Waals surface area contributed by atoms with Crippen LogP contribution in [0, 0.1) is 11.2 Å². The van der Waals surface area contributed by atoms with Crippen molar-refractivity contribution >= 4 is 21.6 Å². The Morgan fingerprint density at radius 1 is 1.50 bits per heavy atom. The molecule has 0 bridgehead atoms. The van der Waals surface area contributed by atoms with Crippen LogP contribution >= 0.6 is 15.9 Å². The molecule has 0 aromatic heterocycles. The number of nitrogens with zero attached hydrogens (tertiary/aromatic N) is 2. The van der Waals surface area contributed by atoms with Crippen LogP contribution < -0.4 is 0 Å². The maximum Gasteiger partial charge on any atom is 0.420 e. The van der Waals surface area contributed by atoms with E-state index in [0.717, 1.165) is 0 Å². The molecule has 0 saturated heterocycles. The van der Waals surface area contributed by atoms with Crippen LogP contribution in [-0.4, -0.2) is 0 Å². The lowest BCUT2D eigenvalue weighted by Gasteiger charge is -1.83. The lowest BCUT2D eigenvalue weighted by atomic mass is 10.3. The SMILES string of the molecule is N#[N+]c1ccc(Br)cc1F. The monoisotopic (exact) mass is 201 g/mol. The molecule has 0 amide bonds. The lowest BCUT2D eigenvalue weighted by Crippen LogP contribution is -1.72. The van der Waals surface area contributed by atoms with Crippen LogP contribution in [0.15, 0.2) is 22.7 Å². The summed E-state index contributed by atoms with van der Waals surface area (Å²) >= 11 is 3.06. The van der Waals surface area contributed by atoms with Crippen molar-refractivity contribution in [3.05, 3.63) is 33.5 Å². The Morgan fingerprint density at radius 3 is 2.70 bits per heavy atom. The molecule has 4 heteroatoms. The molecule has 0 N–H and O–H groups in total. The van der Waals surface area contributed by atoms with Crippen LogP contribution in [0.4, 0.5) is 10.1 Å². The average molecular weight is 202 g/mol. The lowest BCUT2D eigenvalue weighted by molar-refractivity contribution is 0.632. The van der Waals surface area contributed by atoms with Crippen molar-refractivity contribution in [3.63, 3.8) is 0 Å². The predicted molar refractivity (Wildman–Crippen MR) is 38.8 cm³/mol. The summed E-state index contributed by atoms with van der Waals surface area (Å²) in [6, 6.07) is 4.20. The quantitative estimate of drug-likeness (QED) is 0.594. The van der Waals surface area contributed by atoms with E-state index in [9.17, 15) is 4.39 Å². The van der Waals surface area contributed by atoms with E-state index < -0.39 is 5.82 Å². The predicted octanol–water partition coefficient (Wildman–Crippen LogP) is 3.07. The molecule has 0 aliphatic heterocycles. The highest BCUT2D eigenvalue weighted by molar-refractivity contribution is 9.10. The largest absolute Gasteiger partial charge is 0.420 e. The molecule has 2 nitrogen and oxygen atoms in total. The molecular weight excluding hydrogens is 199 g/mol. The summed E-state index contributed by atoms with van der Waals surface area (Å²) in [5.41, 5.74) is -0.0526. The first-order valence-electron chi connectivity index (χ1n) is 2.54. The number of halogens is 2. The summed E-state index contributed by atoms with van der Waals surface area (Å²) in [5.74, 6) is -0.545. The number of hydrogen-bond donors (Lipinski definition) is 0. The third kappa shape index (κ3) is 1.31. The van der Waals surface area contributed by atoms with Gasteiger partial charge < -0.3 is 0 Å². The summed E-state index contributed by atoms with van der Waals surface area (Å²) in [6.07, 6.45) is 0. The number of rotatable bonds is 0. The maximum absolute atomic E-state index is 12.6. The van der Waals surface area contributed by atoms with Crippen LogP contribution in [0.2, 0.25) is 0 Å². The molecule has 0 heterocycles. The molecule has 0 aliphatic carbocycles. The van der Waals surface area contributed by atoms with Gasteiger partial charge in [-0.15, -0.1) is 0 Å². The molecule has 50 valence electrons. The van der Waals surface area contributed by atoms with Crippen molar-refractivity contribution in [1.82, 2.24) is 0 Å². The first-order valence-corrected chi connectivity index (χ1v) is 3.33. The smallest absolute Gasteiger partial charge is 0.198 e. The number of diazo groups is 1. The highest BCUT2D eigenvalue weighted by Gasteiger charge is 2.11. The Hall–Kier alpha value is -0.950. The van der Waals surface area contributed by atoms with Crippen molar-refractivity contribution < 1.29 is 4.39 Å². The van der Waals surface area contributed by atoms with E-state index in [0.29, 0.717) is 4.47 Å². The Kier molecular flexibility index (Phi) is 1.97. The minimum atomic E-state index is -0.545. The fourth-order valence-electron chi connectivity index (χ4n) is 0.562. The molecule has 0 atom stereocenters. The second kappa shape index (κ2) is 2.76. The summed E-state index contributed by atoms with van der Waals surface area (Å²) in [4.78, 5) is 2.72. The zero-order valence-electron chi connectivity index (χ0n) is 4.88. The average Bonchev–Trinajstić information content (AvgIpc) is 1.88. The van der Waals surface area contributed by atoms with E-state index in [1.807, 2.05) is 0 Å². The Balaban J connectivity index is 3.23. The molecule has 0 unspecified atom stereocenters. The minimum absolute atomic E-state index is 0.0526. The van der Waals surface area contributed by atoms with Gasteiger partial charge in [-0.05, 0) is 12.1 Å². The summed E-state index contributed by atoms with van der Waals surface area (Å²) in [7, 11) is 0. The molecule has 0 radical (unpaired) electrons. The van der Waals surface area contributed by atoms with Gasteiger partial charge >= 0.3 is 5.69 Å². The van der Waals surface area contributed by atoms with Gasteiger partial charge in [0, 0.05) is 10.5 Å². The van der Waals surface area contributed by atoms with Gasteiger partial charge in [-0.3, -0.25) is 0 Å². The first kappa shape index (κ1) is 7.16. The molecule has 1 aromatic carbocycles. The van der Waals surface area contributed by atoms with Gasteiger partial charge in [-0.1, -0.05) is 15.9 Å². The molecule has 10 heavy (non-hydrogen) atoms. The molecule has 0 saturated carbocycles. The second-order valence-corrected chi connectivity index (χ2v) is 2.61. The molecular formula is C6H3BrFN2+. The topological polar surface area (TPSA) is 28.1 Å². The van der Waals surface area contributed by atoms with Crippen molar-refractivity contribution in [1.29, 1.82) is 5.39 Å².